The topological polar surface area (TPSA) is 50.1 Å². The molecular weight excluding hydrogens is 327 g/mol. The Bertz CT molecular complexity index is 580. The van der Waals surface area contributed by atoms with Crippen LogP contribution in [0.4, 0.5) is 4.39 Å². The molecule has 0 unspecified atom stereocenters. The van der Waals surface area contributed by atoms with Crippen LogP contribution in [-0.4, -0.2) is 30.4 Å². The van der Waals surface area contributed by atoms with E-state index in [1.165, 1.54) is 12.7 Å². The summed E-state index contributed by atoms with van der Waals surface area (Å²) in [5.41, 5.74) is 0.415. The Labute approximate surface area is 147 Å². The van der Waals surface area contributed by atoms with Crippen LogP contribution in [0.3, 0.4) is 0 Å². The minimum atomic E-state index is -0.594. The number of halogens is 1. The monoisotopic (exact) mass is 354 g/mol. The van der Waals surface area contributed by atoms with E-state index in [0.29, 0.717) is 11.5 Å². The molecule has 0 bridgehead atoms. The predicted octanol–water partition coefficient (Wildman–Crippen LogP) is 4.15. The van der Waals surface area contributed by atoms with Crippen LogP contribution >= 0.6 is 0 Å². The van der Waals surface area contributed by atoms with Gasteiger partial charge in [-0.05, 0) is 31.2 Å². The number of rotatable bonds is 5. The van der Waals surface area contributed by atoms with Gasteiger partial charge in [-0.2, -0.15) is 4.39 Å². The maximum atomic E-state index is 13.6. The van der Waals surface area contributed by atoms with Gasteiger partial charge in [0.05, 0.1) is 24.5 Å². The van der Waals surface area contributed by atoms with E-state index >= 15 is 0 Å². The Morgan fingerprint density at radius 1 is 1.24 bits per heavy atom. The zero-order valence-corrected chi connectivity index (χ0v) is 14.9. The van der Waals surface area contributed by atoms with Gasteiger partial charge in [-0.1, -0.05) is 20.3 Å². The third-order valence-electron chi connectivity index (χ3n) is 5.39. The van der Waals surface area contributed by atoms with Gasteiger partial charge in [0.15, 0.2) is 12.1 Å². The molecule has 3 heterocycles. The molecule has 1 aliphatic carbocycles. The lowest BCUT2D eigenvalue weighted by Crippen LogP contribution is -2.40. The van der Waals surface area contributed by atoms with Crippen LogP contribution in [0.5, 0.6) is 0 Å². The first-order valence-corrected chi connectivity index (χ1v) is 9.41. The highest BCUT2D eigenvalue weighted by atomic mass is 19.1. The van der Waals surface area contributed by atoms with E-state index in [0.717, 1.165) is 32.1 Å². The van der Waals surface area contributed by atoms with Gasteiger partial charge < -0.3 is 23.4 Å². The summed E-state index contributed by atoms with van der Waals surface area (Å²) < 4.78 is 43.0. The molecular formula is C19H27FO5. The second kappa shape index (κ2) is 6.99. The molecule has 2 aliphatic heterocycles. The summed E-state index contributed by atoms with van der Waals surface area (Å²) in [6, 6.07) is 0.998. The Kier molecular flexibility index (Phi) is 4.88. The smallest absolute Gasteiger partial charge is 0.283 e. The van der Waals surface area contributed by atoms with E-state index in [2.05, 4.69) is 13.8 Å². The van der Waals surface area contributed by atoms with Gasteiger partial charge in [0.1, 0.15) is 12.2 Å². The summed E-state index contributed by atoms with van der Waals surface area (Å²) in [5, 5.41) is 0. The molecule has 0 amide bonds. The number of hydrogen-bond acceptors (Lipinski definition) is 5. The predicted molar refractivity (Wildman–Crippen MR) is 87.1 cm³/mol. The third-order valence-corrected chi connectivity index (χ3v) is 5.39. The van der Waals surface area contributed by atoms with Crippen LogP contribution in [0.1, 0.15) is 57.9 Å². The minimum absolute atomic E-state index is 0.106. The molecule has 140 valence electrons. The third kappa shape index (κ3) is 3.50. The number of ether oxygens (including phenoxy) is 4. The van der Waals surface area contributed by atoms with Crippen molar-refractivity contribution in [3.63, 3.8) is 0 Å². The standard InChI is InChI=1S/C19H27FO5/c1-12(2)10-14-15(22-11-13-6-9-21-17(13)20)16-18(23-14)25-19(24-16)7-4-3-5-8-19/h6,9,12,14-16,18H,3-5,7-8,10-11H2,1-2H3/t14-,15+,16-,18-/m1/s1. The van der Waals surface area contributed by atoms with Crippen LogP contribution in [0, 0.1) is 11.9 Å². The first-order chi connectivity index (χ1) is 12.1. The largest absolute Gasteiger partial charge is 0.439 e. The van der Waals surface area contributed by atoms with Crippen LogP contribution in [0.2, 0.25) is 0 Å². The van der Waals surface area contributed by atoms with E-state index in [9.17, 15) is 4.39 Å². The van der Waals surface area contributed by atoms with Crippen LogP contribution < -0.4 is 0 Å². The normalized spacial score (nSPS) is 34.1. The van der Waals surface area contributed by atoms with Crippen molar-refractivity contribution in [2.24, 2.45) is 5.92 Å². The molecule has 4 atom stereocenters. The summed E-state index contributed by atoms with van der Waals surface area (Å²) in [7, 11) is 0. The summed E-state index contributed by atoms with van der Waals surface area (Å²) in [4.78, 5) is 0. The molecule has 2 saturated heterocycles. The SMILES string of the molecule is CC(C)C[C@H]1O[C@@H]2OC3(CCCCC3)O[C@@H]2[C@H]1OCc1ccoc1F. The average Bonchev–Trinajstić information content (AvgIpc) is 3.20. The molecule has 0 radical (unpaired) electrons. The van der Waals surface area contributed by atoms with Crippen molar-refractivity contribution < 1.29 is 27.8 Å². The van der Waals surface area contributed by atoms with E-state index in [1.54, 1.807) is 6.07 Å². The van der Waals surface area contributed by atoms with Crippen LogP contribution in [-0.2, 0) is 25.6 Å². The Balaban J connectivity index is 1.47. The molecule has 1 saturated carbocycles. The zero-order chi connectivity index (χ0) is 17.4. The van der Waals surface area contributed by atoms with Crippen molar-refractivity contribution in [2.75, 3.05) is 0 Å². The van der Waals surface area contributed by atoms with Crippen molar-refractivity contribution >= 4 is 0 Å². The van der Waals surface area contributed by atoms with Crippen molar-refractivity contribution in [2.45, 2.75) is 89.4 Å². The summed E-state index contributed by atoms with van der Waals surface area (Å²) >= 11 is 0. The van der Waals surface area contributed by atoms with E-state index in [4.69, 9.17) is 23.4 Å². The van der Waals surface area contributed by atoms with Crippen molar-refractivity contribution in [3.8, 4) is 0 Å². The fraction of sp³-hybridized carbons (Fsp3) is 0.789. The van der Waals surface area contributed by atoms with E-state index < -0.39 is 11.8 Å². The first-order valence-electron chi connectivity index (χ1n) is 9.41. The summed E-state index contributed by atoms with van der Waals surface area (Å²) in [6.45, 7) is 4.44. The Morgan fingerprint density at radius 2 is 2.04 bits per heavy atom. The van der Waals surface area contributed by atoms with Crippen LogP contribution in [0.25, 0.3) is 0 Å². The Hall–Kier alpha value is -0.950. The first kappa shape index (κ1) is 17.5. The van der Waals surface area contributed by atoms with Crippen molar-refractivity contribution in [3.05, 3.63) is 23.9 Å². The highest BCUT2D eigenvalue weighted by Crippen LogP contribution is 2.46. The number of fused-ring (bicyclic) bond motifs is 1. The van der Waals surface area contributed by atoms with Gasteiger partial charge in [-0.25, -0.2) is 0 Å². The lowest BCUT2D eigenvalue weighted by atomic mass is 9.94. The lowest BCUT2D eigenvalue weighted by molar-refractivity contribution is -0.250. The van der Waals surface area contributed by atoms with E-state index in [-0.39, 0.29) is 31.2 Å². The van der Waals surface area contributed by atoms with Crippen molar-refractivity contribution in [1.29, 1.82) is 0 Å². The number of furan rings is 1. The highest BCUT2D eigenvalue weighted by Gasteiger charge is 2.58. The minimum Gasteiger partial charge on any atom is -0.439 e. The molecule has 3 fully saturated rings. The van der Waals surface area contributed by atoms with Gasteiger partial charge >= 0.3 is 0 Å². The van der Waals surface area contributed by atoms with Crippen molar-refractivity contribution in [1.82, 2.24) is 0 Å². The van der Waals surface area contributed by atoms with Gasteiger partial charge in [-0.15, -0.1) is 0 Å². The molecule has 5 nitrogen and oxygen atoms in total. The molecule has 4 rings (SSSR count). The highest BCUT2D eigenvalue weighted by molar-refractivity contribution is 5.06. The second-order valence-corrected chi connectivity index (χ2v) is 7.84. The molecule has 1 aromatic heterocycles. The molecule has 1 aromatic rings. The van der Waals surface area contributed by atoms with Gasteiger partial charge in [0.25, 0.3) is 6.01 Å². The zero-order valence-electron chi connectivity index (χ0n) is 14.9. The summed E-state index contributed by atoms with van der Waals surface area (Å²) in [5.74, 6) is -0.0527. The molecule has 1 spiro atoms. The summed E-state index contributed by atoms with van der Waals surface area (Å²) in [6.07, 6.45) is 6.43. The number of hydrogen-bond donors (Lipinski definition) is 0. The quantitative estimate of drug-likeness (QED) is 0.795. The lowest BCUT2D eigenvalue weighted by Gasteiger charge is -2.34. The molecule has 3 aliphatic rings. The molecule has 0 N–H and O–H groups in total. The van der Waals surface area contributed by atoms with Gasteiger partial charge in [-0.3, -0.25) is 0 Å². The molecule has 6 heteroatoms. The fourth-order valence-electron chi connectivity index (χ4n) is 4.19. The van der Waals surface area contributed by atoms with Gasteiger partial charge in [0.2, 0.25) is 0 Å². The maximum absolute atomic E-state index is 13.6. The van der Waals surface area contributed by atoms with E-state index in [1.807, 2.05) is 0 Å². The van der Waals surface area contributed by atoms with Crippen LogP contribution in [0.15, 0.2) is 16.7 Å². The molecule has 0 aromatic carbocycles. The molecule has 25 heavy (non-hydrogen) atoms. The van der Waals surface area contributed by atoms with Gasteiger partial charge in [0, 0.05) is 12.8 Å². The maximum Gasteiger partial charge on any atom is 0.283 e. The average molecular weight is 354 g/mol. The Morgan fingerprint density at radius 3 is 2.72 bits per heavy atom. The second-order valence-electron chi connectivity index (χ2n) is 7.84. The fourth-order valence-corrected chi connectivity index (χ4v) is 4.19.